The van der Waals surface area contributed by atoms with E-state index in [-0.39, 0.29) is 22.8 Å². The Hall–Kier alpha value is -1.31. The summed E-state index contributed by atoms with van der Waals surface area (Å²) in [5.74, 6) is 0.123. The molecule has 1 aromatic carbocycles. The van der Waals surface area contributed by atoms with Crippen molar-refractivity contribution in [3.05, 3.63) is 35.9 Å². The van der Waals surface area contributed by atoms with Crippen molar-refractivity contribution < 1.29 is 4.79 Å². The van der Waals surface area contributed by atoms with Crippen LogP contribution in [0.5, 0.6) is 0 Å². The molecule has 19 heavy (non-hydrogen) atoms. The minimum Gasteiger partial charge on any atom is -0.351 e. The molecule has 0 spiro atoms. The van der Waals surface area contributed by atoms with Crippen molar-refractivity contribution in [3.8, 4) is 0 Å². The fourth-order valence-electron chi connectivity index (χ4n) is 2.10. The lowest BCUT2D eigenvalue weighted by Crippen LogP contribution is -2.47. The van der Waals surface area contributed by atoms with Crippen LogP contribution in [0.1, 0.15) is 47.1 Å². The SMILES string of the molecule is CC(C)(C)NC(=O)[C@H](Cc1ccccc1)C(C)(C)C. The fourth-order valence-corrected chi connectivity index (χ4v) is 2.10. The highest BCUT2D eigenvalue weighted by Crippen LogP contribution is 2.29. The zero-order chi connectivity index (χ0) is 14.7. The average Bonchev–Trinajstić information content (AvgIpc) is 2.23. The molecule has 1 rings (SSSR count). The number of benzene rings is 1. The highest BCUT2D eigenvalue weighted by Gasteiger charge is 2.32. The van der Waals surface area contributed by atoms with Crippen LogP contribution >= 0.6 is 0 Å². The topological polar surface area (TPSA) is 29.1 Å². The summed E-state index contributed by atoms with van der Waals surface area (Å²) in [6.45, 7) is 12.4. The first kappa shape index (κ1) is 15.7. The van der Waals surface area contributed by atoms with Crippen LogP contribution in [0, 0.1) is 11.3 Å². The maximum atomic E-state index is 12.5. The monoisotopic (exact) mass is 261 g/mol. The van der Waals surface area contributed by atoms with E-state index in [1.165, 1.54) is 5.56 Å². The van der Waals surface area contributed by atoms with Crippen molar-refractivity contribution in [2.45, 2.75) is 53.5 Å². The smallest absolute Gasteiger partial charge is 0.224 e. The van der Waals surface area contributed by atoms with Crippen LogP contribution in [0.3, 0.4) is 0 Å². The minimum absolute atomic E-state index is 0.0193. The van der Waals surface area contributed by atoms with Crippen molar-refractivity contribution in [1.82, 2.24) is 5.32 Å². The zero-order valence-corrected chi connectivity index (χ0v) is 13.1. The molecule has 0 saturated heterocycles. The molecule has 0 fully saturated rings. The summed E-state index contributed by atoms with van der Waals surface area (Å²) in [6.07, 6.45) is 0.784. The summed E-state index contributed by atoms with van der Waals surface area (Å²) in [7, 11) is 0. The van der Waals surface area contributed by atoms with Gasteiger partial charge in [-0.2, -0.15) is 0 Å². The lowest BCUT2D eigenvalue weighted by atomic mass is 9.76. The van der Waals surface area contributed by atoms with E-state index in [1.54, 1.807) is 0 Å². The molecule has 1 amide bonds. The fraction of sp³-hybridized carbons (Fsp3) is 0.588. The average molecular weight is 261 g/mol. The second-order valence-electron chi connectivity index (χ2n) is 7.35. The Morgan fingerprint density at radius 2 is 1.58 bits per heavy atom. The maximum absolute atomic E-state index is 12.5. The van der Waals surface area contributed by atoms with Gasteiger partial charge in [-0.25, -0.2) is 0 Å². The number of rotatable bonds is 3. The highest BCUT2D eigenvalue weighted by atomic mass is 16.2. The van der Waals surface area contributed by atoms with Crippen molar-refractivity contribution in [2.75, 3.05) is 0 Å². The number of hydrogen-bond acceptors (Lipinski definition) is 1. The molecule has 2 heteroatoms. The lowest BCUT2D eigenvalue weighted by Gasteiger charge is -2.33. The highest BCUT2D eigenvalue weighted by molar-refractivity contribution is 5.80. The first-order valence-electron chi connectivity index (χ1n) is 6.95. The Kier molecular flexibility index (Phi) is 4.78. The van der Waals surface area contributed by atoms with E-state index in [9.17, 15) is 4.79 Å². The van der Waals surface area contributed by atoms with Gasteiger partial charge in [-0.05, 0) is 38.2 Å². The molecule has 0 radical (unpaired) electrons. The Labute approximate surface area is 117 Å². The maximum Gasteiger partial charge on any atom is 0.224 e. The molecule has 0 heterocycles. The number of carbonyl (C=O) groups is 1. The third-order valence-corrected chi connectivity index (χ3v) is 3.14. The van der Waals surface area contributed by atoms with Gasteiger partial charge < -0.3 is 5.32 Å². The second-order valence-corrected chi connectivity index (χ2v) is 7.35. The molecule has 0 aromatic heterocycles. The van der Waals surface area contributed by atoms with E-state index in [4.69, 9.17) is 0 Å². The summed E-state index contributed by atoms with van der Waals surface area (Å²) in [6, 6.07) is 10.2. The van der Waals surface area contributed by atoms with E-state index in [0.29, 0.717) is 0 Å². The summed E-state index contributed by atoms with van der Waals surface area (Å²) in [5, 5.41) is 3.11. The van der Waals surface area contributed by atoms with Crippen molar-refractivity contribution in [1.29, 1.82) is 0 Å². The minimum atomic E-state index is -0.183. The molecule has 1 N–H and O–H groups in total. The third kappa shape index (κ3) is 5.46. The largest absolute Gasteiger partial charge is 0.351 e. The van der Waals surface area contributed by atoms with E-state index < -0.39 is 0 Å². The Morgan fingerprint density at radius 3 is 2.00 bits per heavy atom. The van der Waals surface area contributed by atoms with Crippen LogP contribution in [0.15, 0.2) is 30.3 Å². The summed E-state index contributed by atoms with van der Waals surface area (Å²) in [5.41, 5.74) is 0.981. The molecule has 1 aromatic rings. The molecule has 0 aliphatic carbocycles. The van der Waals surface area contributed by atoms with Crippen LogP contribution in [0.25, 0.3) is 0 Å². The number of amides is 1. The Balaban J connectivity index is 2.88. The zero-order valence-electron chi connectivity index (χ0n) is 13.1. The van der Waals surface area contributed by atoms with Gasteiger partial charge in [0.25, 0.3) is 0 Å². The molecule has 0 bridgehead atoms. The molecule has 0 aliphatic heterocycles. The van der Waals surface area contributed by atoms with Gasteiger partial charge in [0, 0.05) is 11.5 Å². The third-order valence-electron chi connectivity index (χ3n) is 3.14. The second kappa shape index (κ2) is 5.77. The van der Waals surface area contributed by atoms with Crippen LogP contribution in [0.2, 0.25) is 0 Å². The van der Waals surface area contributed by atoms with E-state index in [0.717, 1.165) is 6.42 Å². The number of hydrogen-bond donors (Lipinski definition) is 1. The van der Waals surface area contributed by atoms with Crippen LogP contribution < -0.4 is 5.32 Å². The van der Waals surface area contributed by atoms with Gasteiger partial charge in [-0.3, -0.25) is 4.79 Å². The summed E-state index contributed by atoms with van der Waals surface area (Å²) < 4.78 is 0. The predicted molar refractivity (Wildman–Crippen MR) is 81.0 cm³/mol. The predicted octanol–water partition coefficient (Wildman–Crippen LogP) is 3.81. The number of nitrogens with one attached hydrogen (secondary N) is 1. The summed E-state index contributed by atoms with van der Waals surface area (Å²) >= 11 is 0. The van der Waals surface area contributed by atoms with Gasteiger partial charge in [-0.15, -0.1) is 0 Å². The molecule has 1 atom stereocenters. The van der Waals surface area contributed by atoms with Gasteiger partial charge in [0.1, 0.15) is 0 Å². The molecule has 0 unspecified atom stereocenters. The summed E-state index contributed by atoms with van der Waals surface area (Å²) in [4.78, 5) is 12.5. The first-order chi connectivity index (χ1) is 8.59. The molecular formula is C17H27NO. The van der Waals surface area contributed by atoms with Crippen LogP contribution in [-0.4, -0.2) is 11.4 Å². The van der Waals surface area contributed by atoms with Crippen LogP contribution in [0.4, 0.5) is 0 Å². The Morgan fingerprint density at radius 1 is 1.05 bits per heavy atom. The van der Waals surface area contributed by atoms with Crippen molar-refractivity contribution >= 4 is 5.91 Å². The van der Waals surface area contributed by atoms with Gasteiger partial charge in [0.15, 0.2) is 0 Å². The molecular weight excluding hydrogens is 234 g/mol. The quantitative estimate of drug-likeness (QED) is 0.881. The molecule has 0 saturated carbocycles. The van der Waals surface area contributed by atoms with Crippen molar-refractivity contribution in [3.63, 3.8) is 0 Å². The van der Waals surface area contributed by atoms with Gasteiger partial charge >= 0.3 is 0 Å². The van der Waals surface area contributed by atoms with Gasteiger partial charge in [-0.1, -0.05) is 51.1 Å². The van der Waals surface area contributed by atoms with Crippen molar-refractivity contribution in [2.24, 2.45) is 11.3 Å². The Bertz CT molecular complexity index is 409. The van der Waals surface area contributed by atoms with E-state index in [2.05, 4.69) is 38.2 Å². The lowest BCUT2D eigenvalue weighted by molar-refractivity contribution is -0.129. The van der Waals surface area contributed by atoms with Crippen LogP contribution in [-0.2, 0) is 11.2 Å². The van der Waals surface area contributed by atoms with E-state index in [1.807, 2.05) is 39.0 Å². The first-order valence-corrected chi connectivity index (χ1v) is 6.95. The standard InChI is InChI=1S/C17H27NO/c1-16(2,3)14(15(19)18-17(4,5)6)12-13-10-8-7-9-11-13/h7-11,14H,12H2,1-6H3,(H,18,19)/t14-/m0/s1. The molecule has 2 nitrogen and oxygen atoms in total. The molecule has 106 valence electrons. The normalized spacial score (nSPS) is 14.0. The number of carbonyl (C=O) groups excluding carboxylic acids is 1. The van der Waals surface area contributed by atoms with Gasteiger partial charge in [0.2, 0.25) is 5.91 Å². The van der Waals surface area contributed by atoms with E-state index >= 15 is 0 Å². The molecule has 0 aliphatic rings. The van der Waals surface area contributed by atoms with Gasteiger partial charge in [0.05, 0.1) is 0 Å².